The molecule has 3 aromatic rings. The summed E-state index contributed by atoms with van der Waals surface area (Å²) in [5, 5.41) is 3.05. The molecule has 0 unspecified atom stereocenters. The number of ether oxygens (including phenoxy) is 1. The highest BCUT2D eigenvalue weighted by Crippen LogP contribution is 2.28. The molecule has 3 nitrogen and oxygen atoms in total. The van der Waals surface area contributed by atoms with Crippen molar-refractivity contribution in [3.63, 3.8) is 0 Å². The van der Waals surface area contributed by atoms with Gasteiger partial charge in [0.05, 0.1) is 6.61 Å². The Kier molecular flexibility index (Phi) is 6.64. The molecule has 3 heteroatoms. The molecule has 27 heavy (non-hydrogen) atoms. The van der Waals surface area contributed by atoms with Gasteiger partial charge in [-0.1, -0.05) is 78.9 Å². The number of carbonyl (C=O) groups is 1. The van der Waals surface area contributed by atoms with Gasteiger partial charge in [0.2, 0.25) is 5.91 Å². The van der Waals surface area contributed by atoms with Crippen LogP contribution >= 0.6 is 0 Å². The van der Waals surface area contributed by atoms with Crippen LogP contribution in [0, 0.1) is 0 Å². The van der Waals surface area contributed by atoms with Crippen molar-refractivity contribution >= 4 is 5.91 Å². The van der Waals surface area contributed by atoms with Gasteiger partial charge in [-0.2, -0.15) is 0 Å². The lowest BCUT2D eigenvalue weighted by Crippen LogP contribution is -2.25. The number of rotatable bonds is 8. The van der Waals surface area contributed by atoms with Crippen LogP contribution in [0.4, 0.5) is 0 Å². The Morgan fingerprint density at radius 3 is 2.00 bits per heavy atom. The van der Waals surface area contributed by atoms with Crippen LogP contribution in [0.2, 0.25) is 0 Å². The van der Waals surface area contributed by atoms with Crippen molar-refractivity contribution in [1.29, 1.82) is 0 Å². The molecule has 3 aromatic carbocycles. The quantitative estimate of drug-likeness (QED) is 0.620. The maximum atomic E-state index is 12.7. The third kappa shape index (κ3) is 5.20. The van der Waals surface area contributed by atoms with Crippen molar-refractivity contribution in [2.24, 2.45) is 0 Å². The van der Waals surface area contributed by atoms with Crippen LogP contribution in [-0.2, 0) is 11.3 Å². The molecule has 0 saturated heterocycles. The number of amides is 1. The molecule has 0 aliphatic rings. The van der Waals surface area contributed by atoms with Crippen molar-refractivity contribution in [2.45, 2.75) is 25.8 Å². The maximum Gasteiger partial charge on any atom is 0.221 e. The van der Waals surface area contributed by atoms with E-state index in [1.807, 2.05) is 67.6 Å². The number of carbonyl (C=O) groups excluding carboxylic acids is 1. The summed E-state index contributed by atoms with van der Waals surface area (Å²) < 4.78 is 5.64. The predicted octanol–water partition coefficient (Wildman–Crippen LogP) is 4.92. The van der Waals surface area contributed by atoms with Crippen molar-refractivity contribution in [3.8, 4) is 5.75 Å². The first-order valence-corrected chi connectivity index (χ1v) is 9.35. The second-order valence-corrected chi connectivity index (χ2v) is 6.40. The predicted molar refractivity (Wildman–Crippen MR) is 109 cm³/mol. The molecule has 0 bridgehead atoms. The molecular weight excluding hydrogens is 334 g/mol. The molecule has 3 rings (SSSR count). The average molecular weight is 359 g/mol. The Balaban J connectivity index is 1.70. The monoisotopic (exact) mass is 359 g/mol. The van der Waals surface area contributed by atoms with Crippen molar-refractivity contribution < 1.29 is 9.53 Å². The highest BCUT2D eigenvalue weighted by atomic mass is 16.5. The average Bonchev–Trinajstić information content (AvgIpc) is 2.73. The topological polar surface area (TPSA) is 38.3 Å². The molecule has 0 aliphatic carbocycles. The minimum absolute atomic E-state index is 0.0269. The summed E-state index contributed by atoms with van der Waals surface area (Å²) in [4.78, 5) is 12.7. The van der Waals surface area contributed by atoms with Gasteiger partial charge in [-0.15, -0.1) is 0 Å². The van der Waals surface area contributed by atoms with E-state index in [0.717, 1.165) is 22.4 Å². The number of benzene rings is 3. The zero-order chi connectivity index (χ0) is 18.9. The minimum Gasteiger partial charge on any atom is -0.494 e. The van der Waals surface area contributed by atoms with E-state index in [-0.39, 0.29) is 11.8 Å². The third-order valence-corrected chi connectivity index (χ3v) is 4.54. The lowest BCUT2D eigenvalue weighted by atomic mass is 9.88. The summed E-state index contributed by atoms with van der Waals surface area (Å²) in [5.74, 6) is 0.886. The zero-order valence-corrected chi connectivity index (χ0v) is 15.6. The van der Waals surface area contributed by atoms with Crippen LogP contribution in [0.15, 0.2) is 84.9 Å². The Labute approximate surface area is 161 Å². The molecule has 0 radical (unpaired) electrons. The van der Waals surface area contributed by atoms with E-state index in [1.54, 1.807) is 0 Å². The summed E-state index contributed by atoms with van der Waals surface area (Å²) in [7, 11) is 0. The van der Waals surface area contributed by atoms with Crippen LogP contribution in [0.25, 0.3) is 0 Å². The van der Waals surface area contributed by atoms with Gasteiger partial charge in [0.1, 0.15) is 5.75 Å². The third-order valence-electron chi connectivity index (χ3n) is 4.54. The molecule has 0 aliphatic heterocycles. The van der Waals surface area contributed by atoms with Crippen molar-refractivity contribution in [2.75, 3.05) is 6.61 Å². The van der Waals surface area contributed by atoms with Crippen LogP contribution in [0.5, 0.6) is 5.75 Å². The fraction of sp³-hybridized carbons (Fsp3) is 0.208. The number of hydrogen-bond donors (Lipinski definition) is 1. The summed E-state index contributed by atoms with van der Waals surface area (Å²) in [6, 6.07) is 28.2. The van der Waals surface area contributed by atoms with E-state index in [9.17, 15) is 4.79 Å². The maximum absolute atomic E-state index is 12.7. The van der Waals surface area contributed by atoms with Crippen molar-refractivity contribution in [3.05, 3.63) is 102 Å². The number of nitrogens with one attached hydrogen (secondary N) is 1. The highest BCUT2D eigenvalue weighted by Gasteiger charge is 2.18. The molecule has 1 N–H and O–H groups in total. The van der Waals surface area contributed by atoms with E-state index < -0.39 is 0 Å². The lowest BCUT2D eigenvalue weighted by molar-refractivity contribution is -0.121. The van der Waals surface area contributed by atoms with E-state index in [4.69, 9.17) is 4.74 Å². The molecule has 138 valence electrons. The SMILES string of the molecule is CCOc1ccccc1CNC(=O)CC(c1ccccc1)c1ccccc1. The molecule has 0 fully saturated rings. The van der Waals surface area contributed by atoms with Gasteiger partial charge in [0.25, 0.3) is 0 Å². The molecule has 0 saturated carbocycles. The summed E-state index contributed by atoms with van der Waals surface area (Å²) in [6.07, 6.45) is 0.408. The summed E-state index contributed by atoms with van der Waals surface area (Å²) >= 11 is 0. The highest BCUT2D eigenvalue weighted by molar-refractivity contribution is 5.77. The summed E-state index contributed by atoms with van der Waals surface area (Å²) in [5.41, 5.74) is 3.28. The minimum atomic E-state index is 0.0269. The first-order valence-electron chi connectivity index (χ1n) is 9.35. The van der Waals surface area contributed by atoms with E-state index in [1.165, 1.54) is 0 Å². The van der Waals surface area contributed by atoms with Gasteiger partial charge < -0.3 is 10.1 Å². The standard InChI is InChI=1S/C24H25NO2/c1-2-27-23-16-10-9-15-21(23)18-25-24(26)17-22(19-11-5-3-6-12-19)20-13-7-4-8-14-20/h3-16,22H,2,17-18H2,1H3,(H,25,26). The van der Waals surface area contributed by atoms with Crippen LogP contribution in [-0.4, -0.2) is 12.5 Å². The Morgan fingerprint density at radius 1 is 0.852 bits per heavy atom. The first-order chi connectivity index (χ1) is 13.3. The van der Waals surface area contributed by atoms with Gasteiger partial charge in [-0.3, -0.25) is 4.79 Å². The second kappa shape index (κ2) is 9.58. The molecule has 0 heterocycles. The van der Waals surface area contributed by atoms with Crippen LogP contribution < -0.4 is 10.1 Å². The molecule has 0 atom stereocenters. The fourth-order valence-corrected chi connectivity index (χ4v) is 3.20. The second-order valence-electron chi connectivity index (χ2n) is 6.40. The largest absolute Gasteiger partial charge is 0.494 e. The van der Waals surface area contributed by atoms with Crippen LogP contribution in [0.1, 0.15) is 36.0 Å². The van der Waals surface area contributed by atoms with Gasteiger partial charge in [-0.25, -0.2) is 0 Å². The first kappa shape index (κ1) is 18.7. The Morgan fingerprint density at radius 2 is 1.41 bits per heavy atom. The molecule has 0 spiro atoms. The smallest absolute Gasteiger partial charge is 0.221 e. The number of para-hydroxylation sites is 1. The summed E-state index contributed by atoms with van der Waals surface area (Å²) in [6.45, 7) is 3.03. The van der Waals surface area contributed by atoms with Gasteiger partial charge in [-0.05, 0) is 24.1 Å². The van der Waals surface area contributed by atoms with Crippen LogP contribution in [0.3, 0.4) is 0 Å². The van der Waals surface area contributed by atoms with E-state index >= 15 is 0 Å². The van der Waals surface area contributed by atoms with Crippen molar-refractivity contribution in [1.82, 2.24) is 5.32 Å². The van der Waals surface area contributed by atoms with E-state index in [2.05, 4.69) is 29.6 Å². The lowest BCUT2D eigenvalue weighted by Gasteiger charge is -2.18. The Hall–Kier alpha value is -3.07. The molecule has 0 aromatic heterocycles. The Bertz CT molecular complexity index is 807. The molecule has 1 amide bonds. The van der Waals surface area contributed by atoms with Gasteiger partial charge >= 0.3 is 0 Å². The van der Waals surface area contributed by atoms with Gasteiger partial charge in [0.15, 0.2) is 0 Å². The normalized spacial score (nSPS) is 10.6. The zero-order valence-electron chi connectivity index (χ0n) is 15.6. The fourth-order valence-electron chi connectivity index (χ4n) is 3.20. The van der Waals surface area contributed by atoms with Gasteiger partial charge in [0, 0.05) is 24.4 Å². The van der Waals surface area contributed by atoms with E-state index in [0.29, 0.717) is 19.6 Å². The molecular formula is C24H25NO2. The number of hydrogen-bond acceptors (Lipinski definition) is 2.